The molecular weight excluding hydrogens is 280 g/mol. The van der Waals surface area contributed by atoms with Crippen molar-refractivity contribution in [2.75, 3.05) is 32.1 Å². The number of rotatable bonds is 8. The number of aromatic nitrogens is 2. The van der Waals surface area contributed by atoms with Crippen LogP contribution in [0.15, 0.2) is 17.3 Å². The predicted octanol–water partition coefficient (Wildman–Crippen LogP) is 0.954. The van der Waals surface area contributed by atoms with Crippen LogP contribution >= 0.6 is 0 Å². The first kappa shape index (κ1) is 16.8. The first-order chi connectivity index (χ1) is 9.47. The number of nitrogens with one attached hydrogen (secondary N) is 1. The molecule has 1 rings (SSSR count). The summed E-state index contributed by atoms with van der Waals surface area (Å²) in [5, 5.41) is 2.92. The topological polar surface area (TPSA) is 84.4 Å². The molecule has 0 bridgehead atoms. The average Bonchev–Trinajstić information content (AvgIpc) is 2.40. The van der Waals surface area contributed by atoms with E-state index in [1.807, 2.05) is 6.92 Å². The van der Waals surface area contributed by atoms with Crippen LogP contribution in [-0.2, 0) is 14.8 Å². The molecule has 0 aromatic carbocycles. The third kappa shape index (κ3) is 3.87. The van der Waals surface area contributed by atoms with Crippen molar-refractivity contribution < 1.29 is 13.2 Å². The summed E-state index contributed by atoms with van der Waals surface area (Å²) in [6.07, 6.45) is 2.64. The highest BCUT2D eigenvalue weighted by atomic mass is 32.2. The van der Waals surface area contributed by atoms with Crippen LogP contribution in [0.4, 0.5) is 5.95 Å². The van der Waals surface area contributed by atoms with Gasteiger partial charge in [0, 0.05) is 26.2 Å². The van der Waals surface area contributed by atoms with Gasteiger partial charge in [-0.3, -0.25) is 0 Å². The minimum atomic E-state index is -3.60. The van der Waals surface area contributed by atoms with Crippen molar-refractivity contribution in [3.8, 4) is 0 Å². The molecular formula is C12H22N4O3S. The summed E-state index contributed by atoms with van der Waals surface area (Å²) in [4.78, 5) is 8.08. The SMILES string of the molecule is CCNc1ncc(S(=O)(=O)N(CC)C(C)COC)cn1. The van der Waals surface area contributed by atoms with Crippen molar-refractivity contribution >= 4 is 16.0 Å². The monoisotopic (exact) mass is 302 g/mol. The zero-order chi connectivity index (χ0) is 15.2. The number of anilines is 1. The third-order valence-electron chi connectivity index (χ3n) is 2.78. The summed E-state index contributed by atoms with van der Waals surface area (Å²) >= 11 is 0. The first-order valence-electron chi connectivity index (χ1n) is 6.54. The molecule has 0 fully saturated rings. The van der Waals surface area contributed by atoms with Crippen molar-refractivity contribution in [2.24, 2.45) is 0 Å². The van der Waals surface area contributed by atoms with Gasteiger partial charge in [-0.15, -0.1) is 0 Å². The molecule has 0 aliphatic rings. The van der Waals surface area contributed by atoms with Gasteiger partial charge < -0.3 is 10.1 Å². The number of hydrogen-bond donors (Lipinski definition) is 1. The van der Waals surface area contributed by atoms with E-state index in [2.05, 4.69) is 15.3 Å². The van der Waals surface area contributed by atoms with Crippen LogP contribution in [0.5, 0.6) is 0 Å². The van der Waals surface area contributed by atoms with Crippen LogP contribution in [0.1, 0.15) is 20.8 Å². The third-order valence-corrected chi connectivity index (χ3v) is 4.82. The maximum absolute atomic E-state index is 12.5. The number of nitrogens with zero attached hydrogens (tertiary/aromatic N) is 3. The fraction of sp³-hybridized carbons (Fsp3) is 0.667. The van der Waals surface area contributed by atoms with Gasteiger partial charge in [0.1, 0.15) is 4.90 Å². The zero-order valence-electron chi connectivity index (χ0n) is 12.3. The summed E-state index contributed by atoms with van der Waals surface area (Å²) in [5.41, 5.74) is 0. The minimum Gasteiger partial charge on any atom is -0.383 e. The highest BCUT2D eigenvalue weighted by molar-refractivity contribution is 7.89. The standard InChI is InChI=1S/C12H22N4O3S/c1-5-13-12-14-7-11(8-15-12)20(17,18)16(6-2)10(3)9-19-4/h7-8,10H,5-6,9H2,1-4H3,(H,13,14,15). The molecule has 0 saturated heterocycles. The first-order valence-corrected chi connectivity index (χ1v) is 7.98. The van der Waals surface area contributed by atoms with Crippen LogP contribution in [0.2, 0.25) is 0 Å². The van der Waals surface area contributed by atoms with Gasteiger partial charge in [-0.05, 0) is 13.8 Å². The van der Waals surface area contributed by atoms with E-state index in [1.54, 1.807) is 21.0 Å². The number of methoxy groups -OCH3 is 1. The van der Waals surface area contributed by atoms with E-state index in [1.165, 1.54) is 16.7 Å². The fourth-order valence-corrected chi connectivity index (χ4v) is 3.39. The van der Waals surface area contributed by atoms with Crippen molar-refractivity contribution in [3.63, 3.8) is 0 Å². The van der Waals surface area contributed by atoms with E-state index in [0.717, 1.165) is 0 Å². The molecule has 0 amide bonds. The molecule has 1 heterocycles. The molecule has 114 valence electrons. The van der Waals surface area contributed by atoms with Crippen molar-refractivity contribution in [1.29, 1.82) is 0 Å². The lowest BCUT2D eigenvalue weighted by Crippen LogP contribution is -2.40. The lowest BCUT2D eigenvalue weighted by molar-refractivity contribution is 0.142. The van der Waals surface area contributed by atoms with Crippen molar-refractivity contribution in [1.82, 2.24) is 14.3 Å². The van der Waals surface area contributed by atoms with Crippen LogP contribution < -0.4 is 5.32 Å². The van der Waals surface area contributed by atoms with E-state index >= 15 is 0 Å². The van der Waals surface area contributed by atoms with E-state index in [-0.39, 0.29) is 10.9 Å². The van der Waals surface area contributed by atoms with Gasteiger partial charge in [0.2, 0.25) is 16.0 Å². The predicted molar refractivity (Wildman–Crippen MR) is 77.1 cm³/mol. The highest BCUT2D eigenvalue weighted by Gasteiger charge is 2.28. The summed E-state index contributed by atoms with van der Waals surface area (Å²) in [6, 6.07) is -0.247. The number of hydrogen-bond acceptors (Lipinski definition) is 6. The normalized spacial score (nSPS) is 13.4. The Morgan fingerprint density at radius 1 is 1.35 bits per heavy atom. The lowest BCUT2D eigenvalue weighted by atomic mass is 10.4. The lowest BCUT2D eigenvalue weighted by Gasteiger charge is -2.26. The molecule has 1 unspecified atom stereocenters. The molecule has 0 aliphatic heterocycles. The second-order valence-electron chi connectivity index (χ2n) is 4.29. The molecule has 7 nitrogen and oxygen atoms in total. The highest BCUT2D eigenvalue weighted by Crippen LogP contribution is 2.17. The van der Waals surface area contributed by atoms with Gasteiger partial charge in [-0.1, -0.05) is 6.92 Å². The molecule has 8 heteroatoms. The molecule has 1 atom stereocenters. The Bertz CT molecular complexity index is 504. The van der Waals surface area contributed by atoms with E-state index < -0.39 is 10.0 Å². The van der Waals surface area contributed by atoms with Gasteiger partial charge in [-0.2, -0.15) is 4.31 Å². The molecule has 0 saturated carbocycles. The molecule has 0 spiro atoms. The largest absolute Gasteiger partial charge is 0.383 e. The van der Waals surface area contributed by atoms with Crippen LogP contribution in [-0.4, -0.2) is 55.5 Å². The molecule has 0 radical (unpaired) electrons. The Hall–Kier alpha value is -1.25. The van der Waals surface area contributed by atoms with Crippen LogP contribution in [0, 0.1) is 0 Å². The van der Waals surface area contributed by atoms with Gasteiger partial charge in [-0.25, -0.2) is 18.4 Å². The minimum absolute atomic E-state index is 0.0870. The summed E-state index contributed by atoms with van der Waals surface area (Å²) < 4.78 is 31.4. The van der Waals surface area contributed by atoms with E-state index in [9.17, 15) is 8.42 Å². The number of ether oxygens (including phenoxy) is 1. The van der Waals surface area contributed by atoms with Gasteiger partial charge in [0.15, 0.2) is 0 Å². The zero-order valence-corrected chi connectivity index (χ0v) is 13.1. The Balaban J connectivity index is 3.01. The average molecular weight is 302 g/mol. The van der Waals surface area contributed by atoms with E-state index in [4.69, 9.17) is 4.74 Å². The number of sulfonamides is 1. The molecule has 20 heavy (non-hydrogen) atoms. The molecule has 1 aromatic rings. The summed E-state index contributed by atoms with van der Waals surface area (Å²) in [5.74, 6) is 0.416. The van der Waals surface area contributed by atoms with Gasteiger partial charge in [0.25, 0.3) is 0 Å². The summed E-state index contributed by atoms with van der Waals surface area (Å²) in [6.45, 7) is 6.89. The summed E-state index contributed by atoms with van der Waals surface area (Å²) in [7, 11) is -2.06. The molecule has 1 N–H and O–H groups in total. The second-order valence-corrected chi connectivity index (χ2v) is 6.18. The molecule has 0 aliphatic carbocycles. The fourth-order valence-electron chi connectivity index (χ4n) is 1.88. The quantitative estimate of drug-likeness (QED) is 0.770. The van der Waals surface area contributed by atoms with Gasteiger partial charge in [0.05, 0.1) is 19.0 Å². The Labute approximate surface area is 120 Å². The van der Waals surface area contributed by atoms with Crippen molar-refractivity contribution in [2.45, 2.75) is 31.7 Å². The maximum atomic E-state index is 12.5. The van der Waals surface area contributed by atoms with Crippen LogP contribution in [0.3, 0.4) is 0 Å². The smallest absolute Gasteiger partial charge is 0.246 e. The second kappa shape index (κ2) is 7.51. The Kier molecular flexibility index (Phi) is 6.31. The van der Waals surface area contributed by atoms with E-state index in [0.29, 0.717) is 25.6 Å². The number of likely N-dealkylation sites (N-methyl/N-ethyl adjacent to an activating group) is 1. The van der Waals surface area contributed by atoms with Gasteiger partial charge >= 0.3 is 0 Å². The van der Waals surface area contributed by atoms with Crippen LogP contribution in [0.25, 0.3) is 0 Å². The molecule has 1 aromatic heterocycles. The van der Waals surface area contributed by atoms with Crippen molar-refractivity contribution in [3.05, 3.63) is 12.4 Å². The Morgan fingerprint density at radius 3 is 2.40 bits per heavy atom. The Morgan fingerprint density at radius 2 is 1.95 bits per heavy atom. The maximum Gasteiger partial charge on any atom is 0.246 e.